The van der Waals surface area contributed by atoms with E-state index < -0.39 is 5.97 Å². The van der Waals surface area contributed by atoms with Crippen molar-refractivity contribution >= 4 is 34.1 Å². The van der Waals surface area contributed by atoms with E-state index in [1.165, 1.54) is 18.2 Å². The summed E-state index contributed by atoms with van der Waals surface area (Å²) in [5.74, 6) is -1.14. The van der Waals surface area contributed by atoms with Gasteiger partial charge in [0, 0.05) is 12.6 Å². The minimum atomic E-state index is -0.553. The maximum absolute atomic E-state index is 12.8. The van der Waals surface area contributed by atoms with Gasteiger partial charge in [0.05, 0.1) is 23.6 Å². The average molecular weight is 444 g/mol. The fourth-order valence-electron chi connectivity index (χ4n) is 4.05. The number of rotatable bonds is 7. The van der Waals surface area contributed by atoms with Crippen LogP contribution < -0.4 is 16.0 Å². The van der Waals surface area contributed by atoms with Crippen LogP contribution in [0, 0.1) is 6.92 Å². The topological polar surface area (TPSA) is 96.5 Å². The molecule has 0 spiro atoms. The van der Waals surface area contributed by atoms with Crippen molar-refractivity contribution in [3.05, 3.63) is 51.4 Å². The number of fused-ring (bicyclic) bond motifs is 1. The maximum Gasteiger partial charge on any atom is 0.341 e. The van der Waals surface area contributed by atoms with Crippen molar-refractivity contribution in [1.29, 1.82) is 0 Å². The highest BCUT2D eigenvalue weighted by molar-refractivity contribution is 7.18. The van der Waals surface area contributed by atoms with Crippen LogP contribution in [0.25, 0.3) is 0 Å². The number of carbonyl (C=O) groups excluding carboxylic acids is 3. The third kappa shape index (κ3) is 4.80. The van der Waals surface area contributed by atoms with E-state index in [1.807, 2.05) is 12.1 Å². The lowest BCUT2D eigenvalue weighted by Crippen LogP contribution is -2.45. The summed E-state index contributed by atoms with van der Waals surface area (Å²) in [5, 5.41) is 9.10. The van der Waals surface area contributed by atoms with Crippen molar-refractivity contribution < 1.29 is 19.1 Å². The zero-order chi connectivity index (χ0) is 22.6. The third-order valence-corrected chi connectivity index (χ3v) is 6.89. The molecule has 1 heterocycles. The minimum absolute atomic E-state index is 0.0827. The summed E-state index contributed by atoms with van der Waals surface area (Å²) >= 11 is 1.08. The van der Waals surface area contributed by atoms with Gasteiger partial charge >= 0.3 is 5.97 Å². The molecule has 0 unspecified atom stereocenters. The van der Waals surface area contributed by atoms with Crippen LogP contribution in [0.2, 0.25) is 0 Å². The molecule has 1 aromatic carbocycles. The van der Waals surface area contributed by atoms with Crippen molar-refractivity contribution in [2.45, 2.75) is 45.6 Å². The zero-order valence-electron chi connectivity index (χ0n) is 18.4. The van der Waals surface area contributed by atoms with Crippen LogP contribution in [0.3, 0.4) is 0 Å². The van der Waals surface area contributed by atoms with E-state index in [-0.39, 0.29) is 36.1 Å². The van der Waals surface area contributed by atoms with Gasteiger partial charge in [-0.1, -0.05) is 24.3 Å². The first-order chi connectivity index (χ1) is 14.8. The molecule has 0 saturated heterocycles. The van der Waals surface area contributed by atoms with Crippen LogP contribution in [0.5, 0.6) is 0 Å². The molecule has 3 N–H and O–H groups in total. The second-order valence-corrected chi connectivity index (χ2v) is 8.83. The summed E-state index contributed by atoms with van der Waals surface area (Å²) in [6.45, 7) is 5.79. The Labute approximate surface area is 186 Å². The normalized spacial score (nSPS) is 17.5. The molecule has 1 aromatic heterocycles. The molecule has 1 atom stereocenters. The Morgan fingerprint density at radius 2 is 1.97 bits per heavy atom. The Morgan fingerprint density at radius 3 is 2.68 bits per heavy atom. The van der Waals surface area contributed by atoms with Gasteiger partial charge < -0.3 is 15.4 Å². The van der Waals surface area contributed by atoms with E-state index in [0.717, 1.165) is 30.6 Å². The van der Waals surface area contributed by atoms with Gasteiger partial charge in [0.15, 0.2) is 0 Å². The van der Waals surface area contributed by atoms with Crippen molar-refractivity contribution in [1.82, 2.24) is 10.6 Å². The lowest BCUT2D eigenvalue weighted by molar-refractivity contribution is -0.115. The smallest absolute Gasteiger partial charge is 0.341 e. The molecule has 0 radical (unpaired) electrons. The molecule has 0 saturated carbocycles. The molecule has 8 heteroatoms. The highest BCUT2D eigenvalue weighted by atomic mass is 32.1. The number of anilines is 1. The van der Waals surface area contributed by atoms with E-state index in [0.29, 0.717) is 15.4 Å². The van der Waals surface area contributed by atoms with E-state index >= 15 is 0 Å². The molecule has 0 aliphatic heterocycles. The van der Waals surface area contributed by atoms with Crippen LogP contribution in [0.1, 0.15) is 63.4 Å². The third-order valence-electron chi connectivity index (χ3n) is 5.69. The molecule has 1 aliphatic rings. The summed E-state index contributed by atoms with van der Waals surface area (Å²) in [6, 6.07) is 8.30. The molecule has 166 valence electrons. The van der Waals surface area contributed by atoms with Crippen molar-refractivity contribution in [2.24, 2.45) is 0 Å². The van der Waals surface area contributed by atoms with E-state index in [1.54, 1.807) is 13.8 Å². The van der Waals surface area contributed by atoms with Crippen LogP contribution in [0.15, 0.2) is 24.3 Å². The lowest BCUT2D eigenvalue weighted by Gasteiger charge is -2.37. The van der Waals surface area contributed by atoms with Crippen LogP contribution >= 0.6 is 11.3 Å². The van der Waals surface area contributed by atoms with Crippen LogP contribution in [0.4, 0.5) is 5.00 Å². The quantitative estimate of drug-likeness (QED) is 0.570. The van der Waals surface area contributed by atoms with Gasteiger partial charge in [-0.15, -0.1) is 11.3 Å². The van der Waals surface area contributed by atoms with E-state index in [4.69, 9.17) is 4.74 Å². The zero-order valence-corrected chi connectivity index (χ0v) is 19.2. The van der Waals surface area contributed by atoms with Crippen LogP contribution in [-0.4, -0.2) is 38.0 Å². The highest BCUT2D eigenvalue weighted by Crippen LogP contribution is 2.35. The number of ether oxygens (including phenoxy) is 1. The Bertz CT molecular complexity index is 1000. The van der Waals surface area contributed by atoms with Gasteiger partial charge in [-0.2, -0.15) is 0 Å². The molecule has 0 fully saturated rings. The Kier molecular flexibility index (Phi) is 7.12. The number of hydrogen-bond donors (Lipinski definition) is 3. The number of thiophene rings is 1. The number of amides is 2. The SMILES string of the molecule is CCOC(=O)c1c(NC(=O)CN[C@@]2(C)CCCc3ccccc32)sc(C(=O)NC)c1C. The first-order valence-electron chi connectivity index (χ1n) is 10.5. The fourth-order valence-corrected chi connectivity index (χ4v) is 5.21. The Morgan fingerprint density at radius 1 is 1.23 bits per heavy atom. The number of aryl methyl sites for hydroxylation is 1. The van der Waals surface area contributed by atoms with Crippen LogP contribution in [-0.2, 0) is 21.5 Å². The summed E-state index contributed by atoms with van der Waals surface area (Å²) in [6.07, 6.45) is 3.03. The molecule has 0 bridgehead atoms. The van der Waals surface area contributed by atoms with E-state index in [2.05, 4.69) is 35.0 Å². The maximum atomic E-state index is 12.8. The molecule has 1 aliphatic carbocycles. The van der Waals surface area contributed by atoms with Crippen molar-refractivity contribution in [3.8, 4) is 0 Å². The van der Waals surface area contributed by atoms with Gasteiger partial charge in [-0.25, -0.2) is 4.79 Å². The van der Waals surface area contributed by atoms with Gasteiger partial charge in [0.25, 0.3) is 5.91 Å². The predicted octanol–water partition coefficient (Wildman–Crippen LogP) is 3.37. The molecule has 2 aromatic rings. The number of hydrogen-bond acceptors (Lipinski definition) is 6. The Balaban J connectivity index is 1.78. The minimum Gasteiger partial charge on any atom is -0.462 e. The second-order valence-electron chi connectivity index (χ2n) is 7.80. The largest absolute Gasteiger partial charge is 0.462 e. The first-order valence-corrected chi connectivity index (χ1v) is 11.3. The van der Waals surface area contributed by atoms with Gasteiger partial charge in [0.2, 0.25) is 5.91 Å². The average Bonchev–Trinajstić information content (AvgIpc) is 3.08. The number of benzene rings is 1. The van der Waals surface area contributed by atoms with Crippen molar-refractivity contribution in [2.75, 3.05) is 25.5 Å². The molecule has 7 nitrogen and oxygen atoms in total. The molecule has 31 heavy (non-hydrogen) atoms. The summed E-state index contributed by atoms with van der Waals surface area (Å²) < 4.78 is 5.14. The highest BCUT2D eigenvalue weighted by Gasteiger charge is 2.32. The van der Waals surface area contributed by atoms with Crippen molar-refractivity contribution in [3.63, 3.8) is 0 Å². The fraction of sp³-hybridized carbons (Fsp3) is 0.435. The summed E-state index contributed by atoms with van der Waals surface area (Å²) in [5.41, 5.74) is 2.95. The van der Waals surface area contributed by atoms with Gasteiger partial charge in [0.1, 0.15) is 5.00 Å². The summed E-state index contributed by atoms with van der Waals surface area (Å²) in [4.78, 5) is 37.8. The Hall–Kier alpha value is -2.71. The second kappa shape index (κ2) is 9.62. The molecular weight excluding hydrogens is 414 g/mol. The first kappa shape index (κ1) is 23.0. The number of esters is 1. The summed E-state index contributed by atoms with van der Waals surface area (Å²) in [7, 11) is 1.52. The lowest BCUT2D eigenvalue weighted by atomic mass is 9.78. The molecular formula is C23H29N3O4S. The monoisotopic (exact) mass is 443 g/mol. The molecule has 3 rings (SSSR count). The van der Waals surface area contributed by atoms with E-state index in [9.17, 15) is 14.4 Å². The molecule has 2 amide bonds. The van der Waals surface area contributed by atoms with Gasteiger partial charge in [-0.05, 0) is 56.7 Å². The standard InChI is InChI=1S/C23H29N3O4S/c1-5-30-22(29)18-14(2)19(20(28)24-4)31-21(18)26-17(27)13-25-23(3)12-8-10-15-9-6-7-11-16(15)23/h6-7,9,11,25H,5,8,10,12-13H2,1-4H3,(H,24,28)(H,26,27)/t23-/m0/s1. The number of nitrogens with one attached hydrogen (secondary N) is 3. The predicted molar refractivity (Wildman–Crippen MR) is 122 cm³/mol. The number of carbonyl (C=O) groups is 3. The van der Waals surface area contributed by atoms with Gasteiger partial charge in [-0.3, -0.25) is 14.9 Å².